The van der Waals surface area contributed by atoms with Crippen molar-refractivity contribution in [2.75, 3.05) is 18.7 Å². The molecule has 0 radical (unpaired) electrons. The molecule has 0 saturated heterocycles. The number of furan rings is 1. The summed E-state index contributed by atoms with van der Waals surface area (Å²) in [6.45, 7) is 0.867. The number of aliphatic carboxylic acids is 1. The van der Waals surface area contributed by atoms with E-state index in [0.29, 0.717) is 41.8 Å². The van der Waals surface area contributed by atoms with Gasteiger partial charge in [0.15, 0.2) is 11.5 Å². The number of hydrogen-bond donors (Lipinski definition) is 2. The molecule has 3 heterocycles. The number of hydrogen-bond acceptors (Lipinski definition) is 7. The summed E-state index contributed by atoms with van der Waals surface area (Å²) in [5.41, 5.74) is 3.22. The second-order valence-electron chi connectivity index (χ2n) is 7.77. The molecule has 0 bridgehead atoms. The lowest BCUT2D eigenvalue weighted by atomic mass is 9.99. The zero-order valence-corrected chi connectivity index (χ0v) is 17.9. The van der Waals surface area contributed by atoms with Gasteiger partial charge < -0.3 is 24.3 Å². The van der Waals surface area contributed by atoms with Gasteiger partial charge in [-0.2, -0.15) is 0 Å². The molecule has 0 atom stereocenters. The Labute approximate surface area is 190 Å². The number of fused-ring (bicyclic) bond motifs is 2. The predicted octanol–water partition coefficient (Wildman–Crippen LogP) is 5.34. The van der Waals surface area contributed by atoms with E-state index in [9.17, 15) is 4.79 Å². The van der Waals surface area contributed by atoms with Crippen molar-refractivity contribution in [2.24, 2.45) is 0 Å². The maximum atomic E-state index is 10.7. The van der Waals surface area contributed by atoms with E-state index >= 15 is 0 Å². The Balaban J connectivity index is 1.53. The number of carboxylic acids is 1. The topological polar surface area (TPSA) is 107 Å². The number of nitrogens with zero attached hydrogens (tertiary/aromatic N) is 2. The van der Waals surface area contributed by atoms with Crippen molar-refractivity contribution in [1.29, 1.82) is 0 Å². The van der Waals surface area contributed by atoms with Crippen LogP contribution in [-0.2, 0) is 4.79 Å². The Kier molecular flexibility index (Phi) is 5.80. The lowest BCUT2D eigenvalue weighted by Crippen LogP contribution is -2.04. The molecule has 5 rings (SSSR count). The van der Waals surface area contributed by atoms with Crippen molar-refractivity contribution >= 4 is 22.9 Å². The number of benzene rings is 2. The van der Waals surface area contributed by atoms with Crippen molar-refractivity contribution in [2.45, 2.75) is 25.7 Å². The largest absolute Gasteiger partial charge is 0.481 e. The molecule has 168 valence electrons. The molecular weight excluding hydrogens is 422 g/mol. The minimum absolute atomic E-state index is 0.189. The average molecular weight is 445 g/mol. The van der Waals surface area contributed by atoms with Gasteiger partial charge >= 0.3 is 5.97 Å². The highest BCUT2D eigenvalue weighted by Gasteiger charge is 2.24. The van der Waals surface area contributed by atoms with Gasteiger partial charge in [-0.05, 0) is 30.5 Å². The number of unbranched alkanes of at least 4 members (excludes halogenated alkanes) is 2. The molecule has 1 aliphatic heterocycles. The second kappa shape index (κ2) is 9.20. The highest BCUT2D eigenvalue weighted by Crippen LogP contribution is 2.45. The summed E-state index contributed by atoms with van der Waals surface area (Å²) < 4.78 is 17.3. The summed E-state index contributed by atoms with van der Waals surface area (Å²) in [4.78, 5) is 19.6. The van der Waals surface area contributed by atoms with E-state index in [4.69, 9.17) is 19.0 Å². The molecular formula is C25H23N3O5. The van der Waals surface area contributed by atoms with Crippen LogP contribution in [0.2, 0.25) is 0 Å². The van der Waals surface area contributed by atoms with Gasteiger partial charge in [0.2, 0.25) is 12.5 Å². The van der Waals surface area contributed by atoms with Crippen LogP contribution in [0, 0.1) is 0 Å². The van der Waals surface area contributed by atoms with Crippen LogP contribution in [0.15, 0.2) is 59.3 Å². The first kappa shape index (κ1) is 20.8. The minimum Gasteiger partial charge on any atom is -0.481 e. The smallest absolute Gasteiger partial charge is 0.303 e. The fraction of sp³-hybridized carbons (Fsp3) is 0.240. The Morgan fingerprint density at radius 1 is 0.970 bits per heavy atom. The molecule has 2 N–H and O–H groups in total. The van der Waals surface area contributed by atoms with E-state index in [0.717, 1.165) is 34.9 Å². The normalized spacial score (nSPS) is 12.2. The zero-order chi connectivity index (χ0) is 22.6. The molecule has 2 aromatic heterocycles. The molecule has 8 nitrogen and oxygen atoms in total. The number of carboxylic acid groups (broad SMARTS) is 1. The standard InChI is InChI=1S/C25H23N3O5/c29-20(30)9-5-2-6-12-26-24-22-21(17-10-11-18-19(13-17)32-15-31-18)23(16-7-3-1-4-8-16)33-25(22)28-14-27-24/h1,3-4,7-8,10-11,13-14H,2,5-6,9,12,15H2,(H,29,30)(H,26,27,28). The molecule has 1 aliphatic rings. The molecule has 0 spiro atoms. The number of ether oxygens (including phenoxy) is 2. The number of nitrogens with one attached hydrogen (secondary N) is 1. The molecule has 4 aromatic rings. The fourth-order valence-corrected chi connectivity index (χ4v) is 3.97. The van der Waals surface area contributed by atoms with E-state index < -0.39 is 5.97 Å². The Morgan fingerprint density at radius 3 is 2.67 bits per heavy atom. The van der Waals surface area contributed by atoms with E-state index in [-0.39, 0.29) is 13.2 Å². The van der Waals surface area contributed by atoms with E-state index in [1.807, 2.05) is 48.5 Å². The lowest BCUT2D eigenvalue weighted by molar-refractivity contribution is -0.137. The summed E-state index contributed by atoms with van der Waals surface area (Å²) in [6.07, 6.45) is 3.98. The first-order chi connectivity index (χ1) is 16.2. The molecule has 0 amide bonds. The Hall–Kier alpha value is -4.07. The van der Waals surface area contributed by atoms with E-state index in [1.165, 1.54) is 6.33 Å². The number of anilines is 1. The third-order valence-corrected chi connectivity index (χ3v) is 5.55. The van der Waals surface area contributed by atoms with Crippen LogP contribution in [0.25, 0.3) is 33.6 Å². The molecule has 0 fully saturated rings. The van der Waals surface area contributed by atoms with Gasteiger partial charge in [0.05, 0.1) is 5.39 Å². The number of rotatable bonds is 9. The number of carbonyl (C=O) groups is 1. The summed E-state index contributed by atoms with van der Waals surface area (Å²) in [7, 11) is 0. The average Bonchev–Trinajstić information content (AvgIpc) is 3.46. The summed E-state index contributed by atoms with van der Waals surface area (Å²) in [5.74, 6) is 2.02. The predicted molar refractivity (Wildman–Crippen MR) is 123 cm³/mol. The third-order valence-electron chi connectivity index (χ3n) is 5.55. The van der Waals surface area contributed by atoms with Crippen LogP contribution in [-0.4, -0.2) is 34.4 Å². The summed E-state index contributed by atoms with van der Waals surface area (Å²) in [6, 6.07) is 15.7. The van der Waals surface area contributed by atoms with Crippen molar-refractivity contribution in [3.63, 3.8) is 0 Å². The summed E-state index contributed by atoms with van der Waals surface area (Å²) in [5, 5.41) is 13.0. The van der Waals surface area contributed by atoms with Gasteiger partial charge in [0.25, 0.3) is 0 Å². The minimum atomic E-state index is -0.763. The van der Waals surface area contributed by atoms with Gasteiger partial charge in [-0.1, -0.05) is 42.8 Å². The Bertz CT molecular complexity index is 1290. The van der Waals surface area contributed by atoms with E-state index in [1.54, 1.807) is 0 Å². The maximum Gasteiger partial charge on any atom is 0.303 e. The highest BCUT2D eigenvalue weighted by atomic mass is 16.7. The van der Waals surface area contributed by atoms with Crippen molar-refractivity contribution in [3.8, 4) is 33.9 Å². The van der Waals surface area contributed by atoms with Crippen molar-refractivity contribution in [1.82, 2.24) is 9.97 Å². The monoisotopic (exact) mass is 445 g/mol. The zero-order valence-electron chi connectivity index (χ0n) is 17.9. The molecule has 0 unspecified atom stereocenters. The van der Waals surface area contributed by atoms with Gasteiger partial charge in [-0.3, -0.25) is 4.79 Å². The first-order valence-electron chi connectivity index (χ1n) is 10.9. The molecule has 8 heteroatoms. The SMILES string of the molecule is O=C(O)CCCCCNc1ncnc2oc(-c3ccccc3)c(-c3ccc4c(c3)OCO4)c12. The van der Waals surface area contributed by atoms with Crippen LogP contribution < -0.4 is 14.8 Å². The highest BCUT2D eigenvalue weighted by molar-refractivity contribution is 6.06. The van der Waals surface area contributed by atoms with Crippen molar-refractivity contribution < 1.29 is 23.8 Å². The molecule has 0 saturated carbocycles. The van der Waals surface area contributed by atoms with Crippen LogP contribution in [0.5, 0.6) is 11.5 Å². The van der Waals surface area contributed by atoms with Gasteiger partial charge in [-0.15, -0.1) is 0 Å². The summed E-state index contributed by atoms with van der Waals surface area (Å²) >= 11 is 0. The third kappa shape index (κ3) is 4.32. The van der Waals surface area contributed by atoms with Crippen LogP contribution >= 0.6 is 0 Å². The second-order valence-corrected chi connectivity index (χ2v) is 7.77. The Morgan fingerprint density at radius 2 is 1.82 bits per heavy atom. The molecule has 0 aliphatic carbocycles. The molecule has 2 aromatic carbocycles. The fourth-order valence-electron chi connectivity index (χ4n) is 3.97. The maximum absolute atomic E-state index is 10.7. The number of aromatic nitrogens is 2. The van der Waals surface area contributed by atoms with Gasteiger partial charge in [-0.25, -0.2) is 9.97 Å². The van der Waals surface area contributed by atoms with Crippen LogP contribution in [0.1, 0.15) is 25.7 Å². The van der Waals surface area contributed by atoms with Gasteiger partial charge in [0, 0.05) is 24.1 Å². The van der Waals surface area contributed by atoms with Gasteiger partial charge in [0.1, 0.15) is 17.9 Å². The van der Waals surface area contributed by atoms with Crippen molar-refractivity contribution in [3.05, 3.63) is 54.9 Å². The van der Waals surface area contributed by atoms with Crippen LogP contribution in [0.3, 0.4) is 0 Å². The van der Waals surface area contributed by atoms with Crippen LogP contribution in [0.4, 0.5) is 5.82 Å². The quantitative estimate of drug-likeness (QED) is 0.332. The van der Waals surface area contributed by atoms with E-state index in [2.05, 4.69) is 15.3 Å². The molecule has 33 heavy (non-hydrogen) atoms. The lowest BCUT2D eigenvalue weighted by Gasteiger charge is -2.09. The first-order valence-corrected chi connectivity index (χ1v) is 10.9.